The molecule has 168 valence electrons. The lowest BCUT2D eigenvalue weighted by Crippen LogP contribution is -2.34. The Balaban J connectivity index is 1.77. The highest BCUT2D eigenvalue weighted by Gasteiger charge is 2.33. The molecule has 0 aliphatic heterocycles. The van der Waals surface area contributed by atoms with E-state index < -0.39 is 17.6 Å². The monoisotopic (exact) mass is 446 g/mol. The van der Waals surface area contributed by atoms with Gasteiger partial charge in [0.2, 0.25) is 11.9 Å². The fourth-order valence-corrected chi connectivity index (χ4v) is 3.07. The predicted molar refractivity (Wildman–Crippen MR) is 113 cm³/mol. The lowest BCUT2D eigenvalue weighted by molar-refractivity contribution is -0.137. The average molecular weight is 446 g/mol. The first-order valence-electron chi connectivity index (χ1n) is 9.76. The van der Waals surface area contributed by atoms with Crippen molar-refractivity contribution in [2.75, 3.05) is 23.3 Å². The smallest absolute Gasteiger partial charge is 0.342 e. The summed E-state index contributed by atoms with van der Waals surface area (Å²) in [6.45, 7) is 2.38. The minimum Gasteiger partial charge on any atom is -0.342 e. The molecule has 2 heterocycles. The zero-order chi connectivity index (χ0) is 23.3. The third-order valence-corrected chi connectivity index (χ3v) is 4.74. The number of carbonyl (C=O) groups excluding carboxylic acids is 1. The molecule has 0 bridgehead atoms. The second-order valence-corrected chi connectivity index (χ2v) is 6.85. The Morgan fingerprint density at radius 3 is 2.59 bits per heavy atom. The number of hydrogen-bond donors (Lipinski definition) is 1. The summed E-state index contributed by atoms with van der Waals surface area (Å²) < 4.78 is 40.8. The Bertz CT molecular complexity index is 1150. The van der Waals surface area contributed by atoms with Gasteiger partial charge in [0.25, 0.3) is 5.56 Å². The molecule has 1 N–H and O–H groups in total. The summed E-state index contributed by atoms with van der Waals surface area (Å²) in [5.74, 6) is -0.269. The molecule has 2 aromatic heterocycles. The zero-order valence-electron chi connectivity index (χ0n) is 17.4. The average Bonchev–Trinajstić information content (AvgIpc) is 2.77. The number of amides is 1. The summed E-state index contributed by atoms with van der Waals surface area (Å²) in [7, 11) is 1.55. The van der Waals surface area contributed by atoms with Crippen LogP contribution in [0.15, 0.2) is 53.7 Å². The minimum absolute atomic E-state index is 0.104. The van der Waals surface area contributed by atoms with Crippen LogP contribution in [0.1, 0.15) is 18.9 Å². The Labute approximate surface area is 181 Å². The summed E-state index contributed by atoms with van der Waals surface area (Å²) in [4.78, 5) is 38.9. The van der Waals surface area contributed by atoms with Gasteiger partial charge in [-0.1, -0.05) is 12.1 Å². The third kappa shape index (κ3) is 5.29. The molecule has 0 unspecified atom stereocenters. The number of halogens is 3. The molecular weight excluding hydrogens is 425 g/mol. The fraction of sp³-hybridized carbons (Fsp3) is 0.286. The van der Waals surface area contributed by atoms with Gasteiger partial charge in [-0.25, -0.2) is 15.0 Å². The van der Waals surface area contributed by atoms with Crippen molar-refractivity contribution in [1.29, 1.82) is 0 Å². The largest absolute Gasteiger partial charge is 0.418 e. The topological polar surface area (TPSA) is 93.0 Å². The lowest BCUT2D eigenvalue weighted by Gasteiger charge is -2.24. The number of alkyl halides is 3. The maximum Gasteiger partial charge on any atom is 0.418 e. The maximum atomic E-state index is 13.1. The molecular formula is C21H21F3N6O2. The van der Waals surface area contributed by atoms with Crippen molar-refractivity contribution in [3.8, 4) is 11.4 Å². The van der Waals surface area contributed by atoms with Crippen LogP contribution in [-0.2, 0) is 18.0 Å². The molecule has 1 aromatic carbocycles. The third-order valence-electron chi connectivity index (χ3n) is 4.74. The maximum absolute atomic E-state index is 13.1. The highest BCUT2D eigenvalue weighted by atomic mass is 19.4. The van der Waals surface area contributed by atoms with Crippen LogP contribution < -0.4 is 15.8 Å². The number of benzene rings is 1. The van der Waals surface area contributed by atoms with Crippen molar-refractivity contribution < 1.29 is 18.0 Å². The Morgan fingerprint density at radius 1 is 1.19 bits per heavy atom. The van der Waals surface area contributed by atoms with E-state index in [2.05, 4.69) is 20.3 Å². The molecule has 0 atom stereocenters. The van der Waals surface area contributed by atoms with Gasteiger partial charge >= 0.3 is 6.18 Å². The minimum atomic E-state index is -4.58. The Morgan fingerprint density at radius 2 is 1.94 bits per heavy atom. The zero-order valence-corrected chi connectivity index (χ0v) is 17.4. The van der Waals surface area contributed by atoms with Gasteiger partial charge in [0.05, 0.1) is 22.6 Å². The van der Waals surface area contributed by atoms with Crippen molar-refractivity contribution in [2.24, 2.45) is 7.05 Å². The van der Waals surface area contributed by atoms with Crippen molar-refractivity contribution in [1.82, 2.24) is 19.5 Å². The van der Waals surface area contributed by atoms with Crippen molar-refractivity contribution in [3.63, 3.8) is 0 Å². The van der Waals surface area contributed by atoms with Gasteiger partial charge in [-0.3, -0.25) is 14.2 Å². The van der Waals surface area contributed by atoms with Crippen molar-refractivity contribution in [3.05, 3.63) is 64.8 Å². The van der Waals surface area contributed by atoms with Crippen molar-refractivity contribution >= 4 is 17.5 Å². The number of para-hydroxylation sites is 1. The highest BCUT2D eigenvalue weighted by molar-refractivity contribution is 5.91. The molecule has 1 amide bonds. The second kappa shape index (κ2) is 9.58. The summed E-state index contributed by atoms with van der Waals surface area (Å²) >= 11 is 0. The molecule has 0 fully saturated rings. The van der Waals surface area contributed by atoms with Crippen LogP contribution in [0.4, 0.5) is 24.8 Å². The molecule has 0 saturated heterocycles. The SMILES string of the molecule is CCN(CCC(=O)Nc1ccccc1C(F)(F)F)c1nc(-c2ccncn2)cc(=O)n1C. The van der Waals surface area contributed by atoms with Crippen LogP contribution >= 0.6 is 0 Å². The van der Waals surface area contributed by atoms with Crippen LogP contribution in [-0.4, -0.2) is 38.5 Å². The molecule has 8 nitrogen and oxygen atoms in total. The van der Waals surface area contributed by atoms with E-state index in [0.717, 1.165) is 6.07 Å². The summed E-state index contributed by atoms with van der Waals surface area (Å²) in [6.07, 6.45) is -1.81. The standard InChI is InChI=1S/C21H21F3N6O2/c1-3-30(11-9-18(31)27-15-7-5-4-6-14(15)21(22,23)24)20-28-17(12-19(32)29(20)2)16-8-10-25-13-26-16/h4-8,10,12-13H,3,9,11H2,1-2H3,(H,27,31). The molecule has 11 heteroatoms. The van der Waals surface area contributed by atoms with Gasteiger partial charge in [-0.05, 0) is 25.1 Å². The number of carbonyl (C=O) groups is 1. The van der Waals surface area contributed by atoms with E-state index in [-0.39, 0.29) is 24.2 Å². The fourth-order valence-electron chi connectivity index (χ4n) is 3.07. The lowest BCUT2D eigenvalue weighted by atomic mass is 10.1. The molecule has 0 aliphatic carbocycles. The van der Waals surface area contributed by atoms with E-state index in [1.54, 1.807) is 18.0 Å². The number of anilines is 2. The number of hydrogen-bond acceptors (Lipinski definition) is 6. The number of rotatable bonds is 7. The molecule has 0 saturated carbocycles. The molecule has 3 rings (SSSR count). The van der Waals surface area contributed by atoms with Crippen molar-refractivity contribution in [2.45, 2.75) is 19.5 Å². The van der Waals surface area contributed by atoms with Gasteiger partial charge in [-0.2, -0.15) is 13.2 Å². The highest BCUT2D eigenvalue weighted by Crippen LogP contribution is 2.34. The number of nitrogens with one attached hydrogen (secondary N) is 1. The second-order valence-electron chi connectivity index (χ2n) is 6.85. The van der Waals surface area contributed by atoms with Gasteiger partial charge in [0.15, 0.2) is 0 Å². The first-order chi connectivity index (χ1) is 15.2. The van der Waals surface area contributed by atoms with E-state index in [1.807, 2.05) is 6.92 Å². The first kappa shape index (κ1) is 22.9. The van der Waals surface area contributed by atoms with E-state index >= 15 is 0 Å². The van der Waals surface area contributed by atoms with E-state index in [9.17, 15) is 22.8 Å². The number of nitrogens with zero attached hydrogens (tertiary/aromatic N) is 5. The Hall–Kier alpha value is -3.76. The molecule has 3 aromatic rings. The summed E-state index contributed by atoms with van der Waals surface area (Å²) in [6, 6.07) is 7.75. The number of aromatic nitrogens is 4. The van der Waals surface area contributed by atoms with Gasteiger partial charge < -0.3 is 10.2 Å². The van der Waals surface area contributed by atoms with Gasteiger partial charge in [0, 0.05) is 38.8 Å². The van der Waals surface area contributed by atoms with E-state index in [0.29, 0.717) is 23.9 Å². The van der Waals surface area contributed by atoms with Crippen LogP contribution in [0.25, 0.3) is 11.4 Å². The van der Waals surface area contributed by atoms with Gasteiger partial charge in [0.1, 0.15) is 6.33 Å². The molecule has 32 heavy (non-hydrogen) atoms. The quantitative estimate of drug-likeness (QED) is 0.600. The first-order valence-corrected chi connectivity index (χ1v) is 9.76. The molecule has 0 radical (unpaired) electrons. The summed E-state index contributed by atoms with van der Waals surface area (Å²) in [5, 5.41) is 2.32. The van der Waals surface area contributed by atoms with E-state index in [1.165, 1.54) is 41.4 Å². The van der Waals surface area contributed by atoms with Crippen LogP contribution in [0.3, 0.4) is 0 Å². The molecule has 0 aliphatic rings. The van der Waals surface area contributed by atoms with Crippen LogP contribution in [0, 0.1) is 0 Å². The normalized spacial score (nSPS) is 11.3. The predicted octanol–water partition coefficient (Wildman–Crippen LogP) is 3.11. The summed E-state index contributed by atoms with van der Waals surface area (Å²) in [5.41, 5.74) is -0.707. The van der Waals surface area contributed by atoms with Crippen LogP contribution in [0.5, 0.6) is 0 Å². The molecule has 0 spiro atoms. The Kier molecular flexibility index (Phi) is 6.86. The van der Waals surface area contributed by atoms with Gasteiger partial charge in [-0.15, -0.1) is 0 Å². The van der Waals surface area contributed by atoms with E-state index in [4.69, 9.17) is 0 Å². The van der Waals surface area contributed by atoms with Crippen LogP contribution in [0.2, 0.25) is 0 Å².